The maximum absolute atomic E-state index is 13.5. The number of halogens is 3. The SMILES string of the molecule is Cc1cc(NC(=O)c2cc(-c3ccc(Br)cc3)nc3c(C)cc(Br)cc23)c(C)cc1Br. The fraction of sp³-hybridized carbons (Fsp3) is 0.120. The molecule has 1 heterocycles. The van der Waals surface area contributed by atoms with Crippen LogP contribution in [0.4, 0.5) is 5.69 Å². The molecule has 1 N–H and O–H groups in total. The largest absolute Gasteiger partial charge is 0.322 e. The molecule has 156 valence electrons. The highest BCUT2D eigenvalue weighted by molar-refractivity contribution is 9.11. The third kappa shape index (κ3) is 4.61. The van der Waals surface area contributed by atoms with E-state index in [-0.39, 0.29) is 5.91 Å². The van der Waals surface area contributed by atoms with Gasteiger partial charge in [-0.15, -0.1) is 0 Å². The van der Waals surface area contributed by atoms with E-state index in [4.69, 9.17) is 4.98 Å². The highest BCUT2D eigenvalue weighted by Crippen LogP contribution is 2.31. The number of carbonyl (C=O) groups excluding carboxylic acids is 1. The number of benzene rings is 3. The van der Waals surface area contributed by atoms with Gasteiger partial charge in [-0.1, -0.05) is 59.9 Å². The number of hydrogen-bond acceptors (Lipinski definition) is 2. The number of amides is 1. The van der Waals surface area contributed by atoms with Gasteiger partial charge in [0, 0.05) is 30.1 Å². The summed E-state index contributed by atoms with van der Waals surface area (Å²) in [4.78, 5) is 18.4. The average molecular weight is 603 g/mol. The molecule has 4 rings (SSSR count). The molecule has 0 spiro atoms. The van der Waals surface area contributed by atoms with E-state index in [1.807, 2.05) is 75.4 Å². The number of aromatic nitrogens is 1. The smallest absolute Gasteiger partial charge is 0.256 e. The lowest BCUT2D eigenvalue weighted by atomic mass is 10.0. The molecule has 0 fully saturated rings. The zero-order valence-electron chi connectivity index (χ0n) is 17.2. The van der Waals surface area contributed by atoms with E-state index in [1.165, 1.54) is 0 Å². The Morgan fingerprint density at radius 1 is 0.806 bits per heavy atom. The number of rotatable bonds is 3. The van der Waals surface area contributed by atoms with Crippen LogP contribution in [0.15, 0.2) is 68.0 Å². The summed E-state index contributed by atoms with van der Waals surface area (Å²) >= 11 is 10.6. The van der Waals surface area contributed by atoms with Crippen molar-refractivity contribution in [3.8, 4) is 11.3 Å². The minimum absolute atomic E-state index is 0.159. The molecule has 6 heteroatoms. The predicted molar refractivity (Wildman–Crippen MR) is 139 cm³/mol. The van der Waals surface area contributed by atoms with Gasteiger partial charge in [0.05, 0.1) is 16.8 Å². The van der Waals surface area contributed by atoms with Gasteiger partial charge in [0.2, 0.25) is 0 Å². The molecule has 0 aliphatic heterocycles. The summed E-state index contributed by atoms with van der Waals surface area (Å²) in [5.74, 6) is -0.159. The van der Waals surface area contributed by atoms with Crippen molar-refractivity contribution >= 4 is 70.3 Å². The first-order valence-electron chi connectivity index (χ1n) is 9.68. The number of hydrogen-bond donors (Lipinski definition) is 1. The number of carbonyl (C=O) groups is 1. The van der Waals surface area contributed by atoms with Gasteiger partial charge in [-0.3, -0.25) is 4.79 Å². The monoisotopic (exact) mass is 600 g/mol. The van der Waals surface area contributed by atoms with E-state index in [9.17, 15) is 4.79 Å². The average Bonchev–Trinajstić information content (AvgIpc) is 2.72. The molecule has 1 amide bonds. The quantitative estimate of drug-likeness (QED) is 0.256. The van der Waals surface area contributed by atoms with Crippen molar-refractivity contribution in [2.75, 3.05) is 5.32 Å². The first-order chi connectivity index (χ1) is 14.7. The second kappa shape index (κ2) is 8.85. The number of anilines is 1. The number of nitrogens with one attached hydrogen (secondary N) is 1. The van der Waals surface area contributed by atoms with Crippen molar-refractivity contribution in [3.05, 3.63) is 90.3 Å². The Labute approximate surface area is 206 Å². The van der Waals surface area contributed by atoms with E-state index < -0.39 is 0 Å². The summed E-state index contributed by atoms with van der Waals surface area (Å²) < 4.78 is 2.94. The molecule has 0 bridgehead atoms. The molecule has 0 radical (unpaired) electrons. The van der Waals surface area contributed by atoms with Gasteiger partial charge in [-0.05, 0) is 79.9 Å². The maximum Gasteiger partial charge on any atom is 0.256 e. The Balaban J connectivity index is 1.88. The lowest BCUT2D eigenvalue weighted by Gasteiger charge is -2.14. The van der Waals surface area contributed by atoms with E-state index in [2.05, 4.69) is 53.1 Å². The molecule has 0 atom stereocenters. The van der Waals surface area contributed by atoms with Gasteiger partial charge in [0.25, 0.3) is 5.91 Å². The summed E-state index contributed by atoms with van der Waals surface area (Å²) in [6, 6.07) is 17.8. The molecular formula is C25H19Br3N2O. The number of fused-ring (bicyclic) bond motifs is 1. The van der Waals surface area contributed by atoms with Crippen LogP contribution >= 0.6 is 47.8 Å². The molecule has 1 aromatic heterocycles. The third-order valence-electron chi connectivity index (χ3n) is 5.21. The highest BCUT2D eigenvalue weighted by Gasteiger charge is 2.17. The Kier molecular flexibility index (Phi) is 6.33. The zero-order valence-corrected chi connectivity index (χ0v) is 21.9. The maximum atomic E-state index is 13.5. The summed E-state index contributed by atoms with van der Waals surface area (Å²) in [5, 5.41) is 3.92. The van der Waals surface area contributed by atoms with E-state index in [0.717, 1.165) is 58.0 Å². The minimum atomic E-state index is -0.159. The van der Waals surface area contributed by atoms with Crippen molar-refractivity contribution in [1.29, 1.82) is 0 Å². The fourth-order valence-electron chi connectivity index (χ4n) is 3.52. The van der Waals surface area contributed by atoms with Crippen molar-refractivity contribution in [2.45, 2.75) is 20.8 Å². The van der Waals surface area contributed by atoms with Crippen LogP contribution in [-0.2, 0) is 0 Å². The van der Waals surface area contributed by atoms with Crippen LogP contribution in [0.5, 0.6) is 0 Å². The van der Waals surface area contributed by atoms with Crippen LogP contribution in [0, 0.1) is 20.8 Å². The normalized spacial score (nSPS) is 11.0. The highest BCUT2D eigenvalue weighted by atomic mass is 79.9. The lowest BCUT2D eigenvalue weighted by Crippen LogP contribution is -2.14. The second-order valence-corrected chi connectivity index (χ2v) is 10.2. The molecule has 4 aromatic rings. The van der Waals surface area contributed by atoms with Crippen LogP contribution in [0.3, 0.4) is 0 Å². The number of aryl methyl sites for hydroxylation is 3. The van der Waals surface area contributed by atoms with Crippen molar-refractivity contribution in [1.82, 2.24) is 4.98 Å². The topological polar surface area (TPSA) is 42.0 Å². The van der Waals surface area contributed by atoms with E-state index >= 15 is 0 Å². The van der Waals surface area contributed by atoms with Gasteiger partial charge >= 0.3 is 0 Å². The molecule has 31 heavy (non-hydrogen) atoms. The van der Waals surface area contributed by atoms with Gasteiger partial charge in [-0.25, -0.2) is 4.98 Å². The number of pyridine rings is 1. The Morgan fingerprint density at radius 2 is 1.52 bits per heavy atom. The number of nitrogens with zero attached hydrogens (tertiary/aromatic N) is 1. The lowest BCUT2D eigenvalue weighted by molar-refractivity contribution is 0.102. The van der Waals surface area contributed by atoms with Crippen molar-refractivity contribution in [2.24, 2.45) is 0 Å². The zero-order chi connectivity index (χ0) is 22.3. The van der Waals surface area contributed by atoms with Crippen molar-refractivity contribution < 1.29 is 4.79 Å². The van der Waals surface area contributed by atoms with Crippen LogP contribution in [0.2, 0.25) is 0 Å². The molecule has 3 aromatic carbocycles. The van der Waals surface area contributed by atoms with Crippen LogP contribution < -0.4 is 5.32 Å². The summed E-state index contributed by atoms with van der Waals surface area (Å²) in [6.45, 7) is 6.00. The van der Waals surface area contributed by atoms with Gasteiger partial charge in [0.1, 0.15) is 0 Å². The van der Waals surface area contributed by atoms with Crippen molar-refractivity contribution in [3.63, 3.8) is 0 Å². The van der Waals surface area contributed by atoms with E-state index in [0.29, 0.717) is 5.56 Å². The minimum Gasteiger partial charge on any atom is -0.322 e. The van der Waals surface area contributed by atoms with Gasteiger partial charge in [0.15, 0.2) is 0 Å². The molecular weight excluding hydrogens is 584 g/mol. The molecule has 0 unspecified atom stereocenters. The first kappa shape index (κ1) is 22.2. The molecule has 0 aliphatic carbocycles. The third-order valence-corrected chi connectivity index (χ3v) is 7.05. The Morgan fingerprint density at radius 3 is 2.23 bits per heavy atom. The summed E-state index contributed by atoms with van der Waals surface area (Å²) in [5.41, 5.74) is 6.99. The van der Waals surface area contributed by atoms with E-state index in [1.54, 1.807) is 0 Å². The second-order valence-electron chi connectivity index (χ2n) is 7.55. The first-order valence-corrected chi connectivity index (χ1v) is 12.1. The molecule has 0 saturated carbocycles. The molecule has 3 nitrogen and oxygen atoms in total. The molecule has 0 aliphatic rings. The Hall–Kier alpha value is -2.02. The van der Waals surface area contributed by atoms with Gasteiger partial charge in [-0.2, -0.15) is 0 Å². The standard InChI is InChI=1S/C25H19Br3N2O/c1-13-10-22(14(2)9-21(13)28)30-25(31)20-12-23(16-4-6-17(26)7-5-16)29-24-15(3)8-18(27)11-19(20)24/h4-12H,1-3H3,(H,30,31). The molecule has 0 saturated heterocycles. The van der Waals surface area contributed by atoms with Crippen LogP contribution in [0.25, 0.3) is 22.2 Å². The predicted octanol–water partition coefficient (Wildman–Crippen LogP) is 8.37. The van der Waals surface area contributed by atoms with Crippen LogP contribution in [0.1, 0.15) is 27.0 Å². The van der Waals surface area contributed by atoms with Gasteiger partial charge < -0.3 is 5.32 Å². The summed E-state index contributed by atoms with van der Waals surface area (Å²) in [6.07, 6.45) is 0. The van der Waals surface area contributed by atoms with Crippen LogP contribution in [-0.4, -0.2) is 10.9 Å². The Bertz CT molecular complexity index is 1330. The fourth-order valence-corrected chi connectivity index (χ4v) is 4.81. The summed E-state index contributed by atoms with van der Waals surface area (Å²) in [7, 11) is 0.